The molecule has 0 saturated heterocycles. The summed E-state index contributed by atoms with van der Waals surface area (Å²) in [4.78, 5) is 11.7. The maximum absolute atomic E-state index is 12.5. The Bertz CT molecular complexity index is 425. The lowest BCUT2D eigenvalue weighted by atomic mass is 10.7. The summed E-state index contributed by atoms with van der Waals surface area (Å²) in [7, 11) is 1.87. The van der Waals surface area contributed by atoms with Crippen molar-refractivity contribution >= 4 is 11.8 Å². The summed E-state index contributed by atoms with van der Waals surface area (Å²) in [5.41, 5.74) is 0. The van der Waals surface area contributed by atoms with E-state index in [-0.39, 0.29) is 0 Å². The van der Waals surface area contributed by atoms with E-state index in [0.717, 1.165) is 17.6 Å². The summed E-state index contributed by atoms with van der Waals surface area (Å²) < 4.78 is 14.3. The second-order valence-electron chi connectivity index (χ2n) is 2.61. The Morgan fingerprint density at radius 2 is 2.00 bits per heavy atom. The molecule has 0 N–H and O–H groups in total. The zero-order chi connectivity index (χ0) is 9.97. The van der Waals surface area contributed by atoms with E-state index in [1.54, 1.807) is 6.20 Å². The minimum atomic E-state index is -0.436. The van der Waals surface area contributed by atoms with Crippen LogP contribution < -0.4 is 0 Å². The van der Waals surface area contributed by atoms with E-state index in [0.29, 0.717) is 5.16 Å². The quantitative estimate of drug-likeness (QED) is 0.704. The zero-order valence-electron chi connectivity index (χ0n) is 7.38. The molecule has 0 aliphatic rings. The molecular formula is C8H7FN4S. The van der Waals surface area contributed by atoms with Crippen molar-refractivity contribution in [1.82, 2.24) is 19.5 Å². The first-order chi connectivity index (χ1) is 6.75. The number of aryl methyl sites for hydroxylation is 1. The predicted octanol–water partition coefficient (Wildman–Crippen LogP) is 1.50. The van der Waals surface area contributed by atoms with Crippen molar-refractivity contribution in [3.63, 3.8) is 0 Å². The van der Waals surface area contributed by atoms with Crippen molar-refractivity contribution in [2.24, 2.45) is 7.05 Å². The van der Waals surface area contributed by atoms with Crippen LogP contribution in [0.25, 0.3) is 0 Å². The molecule has 0 aromatic carbocycles. The molecule has 0 fully saturated rings. The molecule has 0 aliphatic carbocycles. The molecule has 2 heterocycles. The number of hydrogen-bond acceptors (Lipinski definition) is 4. The fraction of sp³-hybridized carbons (Fsp3) is 0.125. The van der Waals surface area contributed by atoms with Crippen LogP contribution >= 0.6 is 11.8 Å². The summed E-state index contributed by atoms with van der Waals surface area (Å²) in [6.45, 7) is 0. The Kier molecular flexibility index (Phi) is 2.45. The van der Waals surface area contributed by atoms with Gasteiger partial charge < -0.3 is 4.57 Å². The minimum absolute atomic E-state index is 0.436. The Balaban J connectivity index is 2.19. The van der Waals surface area contributed by atoms with Crippen LogP contribution in [0.1, 0.15) is 0 Å². The fourth-order valence-electron chi connectivity index (χ4n) is 0.885. The molecule has 6 heteroatoms. The van der Waals surface area contributed by atoms with Gasteiger partial charge in [0.25, 0.3) is 0 Å². The zero-order valence-corrected chi connectivity index (χ0v) is 8.20. The van der Waals surface area contributed by atoms with Crippen molar-refractivity contribution in [2.75, 3.05) is 0 Å². The van der Waals surface area contributed by atoms with Crippen LogP contribution in [0.2, 0.25) is 0 Å². The highest BCUT2D eigenvalue weighted by atomic mass is 32.2. The number of nitrogens with zero attached hydrogens (tertiary/aromatic N) is 4. The van der Waals surface area contributed by atoms with Gasteiger partial charge in [-0.15, -0.1) is 0 Å². The van der Waals surface area contributed by atoms with Crippen LogP contribution in [0.5, 0.6) is 0 Å². The normalized spacial score (nSPS) is 10.4. The van der Waals surface area contributed by atoms with E-state index in [2.05, 4.69) is 15.0 Å². The summed E-state index contributed by atoms with van der Waals surface area (Å²) in [6, 6.07) is 0. The van der Waals surface area contributed by atoms with E-state index in [4.69, 9.17) is 0 Å². The monoisotopic (exact) mass is 210 g/mol. The summed E-state index contributed by atoms with van der Waals surface area (Å²) in [6.07, 6.45) is 5.79. The highest BCUT2D eigenvalue weighted by Crippen LogP contribution is 2.21. The summed E-state index contributed by atoms with van der Waals surface area (Å²) in [5, 5.41) is 1.26. The topological polar surface area (TPSA) is 43.6 Å². The van der Waals surface area contributed by atoms with Crippen molar-refractivity contribution in [3.8, 4) is 0 Å². The standard InChI is InChI=1S/C8H7FN4S/c1-13-3-2-10-8(13)14-7-11-4-6(9)5-12-7/h2-5H,1H3. The second-order valence-corrected chi connectivity index (χ2v) is 3.54. The smallest absolute Gasteiger partial charge is 0.195 e. The van der Waals surface area contributed by atoms with Crippen LogP contribution in [0.4, 0.5) is 4.39 Å². The van der Waals surface area contributed by atoms with E-state index >= 15 is 0 Å². The minimum Gasteiger partial charge on any atom is -0.329 e. The van der Waals surface area contributed by atoms with E-state index in [1.807, 2.05) is 17.8 Å². The Labute approximate surface area is 84.2 Å². The Morgan fingerprint density at radius 1 is 1.29 bits per heavy atom. The molecule has 0 spiro atoms. The van der Waals surface area contributed by atoms with Crippen LogP contribution in [-0.4, -0.2) is 19.5 Å². The molecule has 0 atom stereocenters. The molecule has 0 unspecified atom stereocenters. The predicted molar refractivity (Wildman–Crippen MR) is 49.3 cm³/mol. The third-order valence-corrected chi connectivity index (χ3v) is 2.53. The highest BCUT2D eigenvalue weighted by molar-refractivity contribution is 7.99. The van der Waals surface area contributed by atoms with Gasteiger partial charge in [-0.2, -0.15) is 0 Å². The third kappa shape index (κ3) is 1.90. The Morgan fingerprint density at radius 3 is 2.57 bits per heavy atom. The number of rotatable bonds is 2. The van der Waals surface area contributed by atoms with Crippen LogP contribution in [0.3, 0.4) is 0 Å². The molecule has 4 nitrogen and oxygen atoms in total. The molecular weight excluding hydrogens is 203 g/mol. The fourth-order valence-corrected chi connectivity index (χ4v) is 1.58. The largest absolute Gasteiger partial charge is 0.329 e. The summed E-state index contributed by atoms with van der Waals surface area (Å²) >= 11 is 1.29. The van der Waals surface area contributed by atoms with Gasteiger partial charge in [-0.25, -0.2) is 19.3 Å². The van der Waals surface area contributed by atoms with Gasteiger partial charge in [0.15, 0.2) is 16.1 Å². The third-order valence-electron chi connectivity index (χ3n) is 1.56. The molecule has 0 aliphatic heterocycles. The van der Waals surface area contributed by atoms with Crippen LogP contribution in [-0.2, 0) is 7.05 Å². The average Bonchev–Trinajstić information content (AvgIpc) is 2.56. The first-order valence-corrected chi connectivity index (χ1v) is 4.70. The molecule has 0 amide bonds. The highest BCUT2D eigenvalue weighted by Gasteiger charge is 2.04. The van der Waals surface area contributed by atoms with Gasteiger partial charge in [0.05, 0.1) is 12.4 Å². The van der Waals surface area contributed by atoms with Gasteiger partial charge in [0.2, 0.25) is 0 Å². The molecule has 2 rings (SSSR count). The van der Waals surface area contributed by atoms with Gasteiger partial charge in [-0.05, 0) is 11.8 Å². The SMILES string of the molecule is Cn1ccnc1Sc1ncc(F)cn1. The molecule has 72 valence electrons. The maximum Gasteiger partial charge on any atom is 0.195 e. The van der Waals surface area contributed by atoms with Gasteiger partial charge in [-0.1, -0.05) is 0 Å². The second kappa shape index (κ2) is 3.75. The van der Waals surface area contributed by atoms with Gasteiger partial charge >= 0.3 is 0 Å². The lowest BCUT2D eigenvalue weighted by molar-refractivity contribution is 0.605. The van der Waals surface area contributed by atoms with E-state index in [9.17, 15) is 4.39 Å². The maximum atomic E-state index is 12.5. The van der Waals surface area contributed by atoms with Crippen LogP contribution in [0.15, 0.2) is 35.1 Å². The van der Waals surface area contributed by atoms with Gasteiger partial charge in [0.1, 0.15) is 0 Å². The number of halogens is 1. The van der Waals surface area contributed by atoms with E-state index in [1.165, 1.54) is 11.8 Å². The van der Waals surface area contributed by atoms with Crippen molar-refractivity contribution in [3.05, 3.63) is 30.6 Å². The lowest BCUT2D eigenvalue weighted by Crippen LogP contribution is -1.92. The number of imidazole rings is 1. The van der Waals surface area contributed by atoms with E-state index < -0.39 is 5.82 Å². The molecule has 0 saturated carbocycles. The average molecular weight is 210 g/mol. The first kappa shape index (κ1) is 9.14. The molecule has 0 bridgehead atoms. The molecule has 14 heavy (non-hydrogen) atoms. The van der Waals surface area contributed by atoms with Gasteiger partial charge in [0, 0.05) is 19.4 Å². The van der Waals surface area contributed by atoms with Crippen LogP contribution in [0, 0.1) is 5.82 Å². The molecule has 0 radical (unpaired) electrons. The van der Waals surface area contributed by atoms with Crippen molar-refractivity contribution in [2.45, 2.75) is 10.3 Å². The Hall–Kier alpha value is -1.43. The molecule has 2 aromatic rings. The summed E-state index contributed by atoms with van der Waals surface area (Å²) in [5.74, 6) is -0.436. The molecule has 2 aromatic heterocycles. The van der Waals surface area contributed by atoms with Crippen molar-refractivity contribution < 1.29 is 4.39 Å². The number of aromatic nitrogens is 4. The van der Waals surface area contributed by atoms with Crippen molar-refractivity contribution in [1.29, 1.82) is 0 Å². The van der Waals surface area contributed by atoms with Gasteiger partial charge in [-0.3, -0.25) is 0 Å². The lowest BCUT2D eigenvalue weighted by Gasteiger charge is -1.98. The first-order valence-electron chi connectivity index (χ1n) is 3.88. The number of hydrogen-bond donors (Lipinski definition) is 0.